The van der Waals surface area contributed by atoms with E-state index in [1.807, 2.05) is 12.1 Å². The van der Waals surface area contributed by atoms with Crippen LogP contribution in [0.1, 0.15) is 27.9 Å². The average Bonchev–Trinajstić information content (AvgIpc) is 3.08. The van der Waals surface area contributed by atoms with Crippen molar-refractivity contribution < 1.29 is 22.7 Å². The standard InChI is InChI=1S/C26H30F3N5O2/c1-31-9-2-10-33(14-11-31)23-6-3-21(18-30)22(17-23)19-32-12-15-34(16-13-32)25(35)20-4-7-24(8-5-20)36-26(27,28)29/h3-8,17H,2,9-16,19H2,1H3. The summed E-state index contributed by atoms with van der Waals surface area (Å²) in [7, 11) is 2.13. The van der Waals surface area contributed by atoms with E-state index in [-0.39, 0.29) is 11.7 Å². The monoisotopic (exact) mass is 501 g/mol. The van der Waals surface area contributed by atoms with Crippen molar-refractivity contribution in [2.24, 2.45) is 0 Å². The van der Waals surface area contributed by atoms with Crippen LogP contribution in [0, 0.1) is 11.3 Å². The highest BCUT2D eigenvalue weighted by Crippen LogP contribution is 2.25. The highest BCUT2D eigenvalue weighted by Gasteiger charge is 2.31. The van der Waals surface area contributed by atoms with Crippen LogP contribution in [0.4, 0.5) is 18.9 Å². The number of carbonyl (C=O) groups excluding carboxylic acids is 1. The van der Waals surface area contributed by atoms with E-state index in [4.69, 9.17) is 0 Å². The van der Waals surface area contributed by atoms with E-state index in [0.717, 1.165) is 56.0 Å². The Labute approximate surface area is 209 Å². The number of piperazine rings is 1. The number of hydrogen-bond acceptors (Lipinski definition) is 6. The molecule has 2 aromatic carbocycles. The van der Waals surface area contributed by atoms with Crippen molar-refractivity contribution in [3.05, 3.63) is 59.2 Å². The second kappa shape index (κ2) is 11.2. The second-order valence-corrected chi connectivity index (χ2v) is 9.24. The molecule has 0 bridgehead atoms. The third-order valence-corrected chi connectivity index (χ3v) is 6.68. The number of hydrogen-bond donors (Lipinski definition) is 0. The molecule has 10 heteroatoms. The number of carbonyl (C=O) groups is 1. The quantitative estimate of drug-likeness (QED) is 0.625. The van der Waals surface area contributed by atoms with Gasteiger partial charge in [-0.15, -0.1) is 13.2 Å². The molecule has 2 aliphatic heterocycles. The number of benzene rings is 2. The molecule has 2 heterocycles. The largest absolute Gasteiger partial charge is 0.573 e. The van der Waals surface area contributed by atoms with Gasteiger partial charge in [0, 0.05) is 63.6 Å². The lowest BCUT2D eigenvalue weighted by Gasteiger charge is -2.35. The molecular formula is C26H30F3N5O2. The zero-order valence-electron chi connectivity index (χ0n) is 20.3. The fraction of sp³-hybridized carbons (Fsp3) is 0.462. The highest BCUT2D eigenvalue weighted by molar-refractivity contribution is 5.94. The molecule has 0 aliphatic carbocycles. The van der Waals surface area contributed by atoms with Crippen LogP contribution in [0.15, 0.2) is 42.5 Å². The van der Waals surface area contributed by atoms with E-state index in [1.54, 1.807) is 4.90 Å². The number of alkyl halides is 3. The molecule has 0 aromatic heterocycles. The normalized spacial score (nSPS) is 18.0. The topological polar surface area (TPSA) is 63.0 Å². The van der Waals surface area contributed by atoms with Crippen LogP contribution in [0.25, 0.3) is 0 Å². The summed E-state index contributed by atoms with van der Waals surface area (Å²) >= 11 is 0. The molecule has 2 aromatic rings. The Morgan fingerprint density at radius 1 is 0.972 bits per heavy atom. The van der Waals surface area contributed by atoms with E-state index in [9.17, 15) is 23.2 Å². The molecule has 0 N–H and O–H groups in total. The number of likely N-dealkylation sites (N-methyl/N-ethyl adjacent to an activating group) is 1. The van der Waals surface area contributed by atoms with Gasteiger partial charge in [0.2, 0.25) is 0 Å². The predicted octanol–water partition coefficient (Wildman–Crippen LogP) is 3.56. The first-order valence-electron chi connectivity index (χ1n) is 12.1. The van der Waals surface area contributed by atoms with Crippen molar-refractivity contribution in [2.45, 2.75) is 19.3 Å². The molecule has 2 saturated heterocycles. The molecule has 1 amide bonds. The Morgan fingerprint density at radius 3 is 2.36 bits per heavy atom. The van der Waals surface area contributed by atoms with Crippen molar-refractivity contribution >= 4 is 11.6 Å². The molecule has 7 nitrogen and oxygen atoms in total. The zero-order chi connectivity index (χ0) is 25.7. The van der Waals surface area contributed by atoms with Crippen molar-refractivity contribution in [1.29, 1.82) is 5.26 Å². The lowest BCUT2D eigenvalue weighted by Crippen LogP contribution is -2.48. The molecule has 4 rings (SSSR count). The van der Waals surface area contributed by atoms with Crippen LogP contribution >= 0.6 is 0 Å². The Kier molecular flexibility index (Phi) is 8.01. The number of rotatable bonds is 5. The molecule has 0 atom stereocenters. The Balaban J connectivity index is 1.35. The van der Waals surface area contributed by atoms with Gasteiger partial charge in [-0.05, 0) is 68.0 Å². The van der Waals surface area contributed by atoms with E-state index in [2.05, 4.69) is 38.6 Å². The van der Waals surface area contributed by atoms with E-state index in [1.165, 1.54) is 12.1 Å². The highest BCUT2D eigenvalue weighted by atomic mass is 19.4. The Morgan fingerprint density at radius 2 is 1.69 bits per heavy atom. The molecule has 0 radical (unpaired) electrons. The number of nitriles is 1. The summed E-state index contributed by atoms with van der Waals surface area (Å²) < 4.78 is 40.9. The fourth-order valence-electron chi connectivity index (χ4n) is 4.65. The lowest BCUT2D eigenvalue weighted by atomic mass is 10.1. The SMILES string of the molecule is CN1CCCN(c2ccc(C#N)c(CN3CCN(C(=O)c4ccc(OC(F)(F)F)cc4)CC3)c2)CC1. The van der Waals surface area contributed by atoms with Gasteiger partial charge in [-0.1, -0.05) is 0 Å². The van der Waals surface area contributed by atoms with E-state index >= 15 is 0 Å². The van der Waals surface area contributed by atoms with E-state index < -0.39 is 6.36 Å². The number of nitrogens with zero attached hydrogens (tertiary/aromatic N) is 5. The maximum Gasteiger partial charge on any atom is 0.573 e. The van der Waals surface area contributed by atoms with Gasteiger partial charge in [-0.2, -0.15) is 5.26 Å². The molecule has 0 unspecified atom stereocenters. The van der Waals surface area contributed by atoms with Gasteiger partial charge >= 0.3 is 6.36 Å². The number of amides is 1. The van der Waals surface area contributed by atoms with Crippen LogP contribution in [0.2, 0.25) is 0 Å². The fourth-order valence-corrected chi connectivity index (χ4v) is 4.65. The van der Waals surface area contributed by atoms with E-state index in [0.29, 0.717) is 43.9 Å². The summed E-state index contributed by atoms with van der Waals surface area (Å²) in [4.78, 5) is 21.4. The first-order chi connectivity index (χ1) is 17.2. The second-order valence-electron chi connectivity index (χ2n) is 9.24. The molecule has 192 valence electrons. The van der Waals surface area contributed by atoms with Crippen LogP contribution < -0.4 is 9.64 Å². The lowest BCUT2D eigenvalue weighted by molar-refractivity contribution is -0.274. The minimum Gasteiger partial charge on any atom is -0.406 e. The van der Waals surface area contributed by atoms with Gasteiger partial charge in [0.25, 0.3) is 5.91 Å². The van der Waals surface area contributed by atoms with Gasteiger partial charge in [-0.25, -0.2) is 0 Å². The molecule has 0 saturated carbocycles. The molecule has 0 spiro atoms. The number of anilines is 1. The number of ether oxygens (including phenoxy) is 1. The van der Waals surface area contributed by atoms with Crippen molar-refractivity contribution in [1.82, 2.24) is 14.7 Å². The average molecular weight is 502 g/mol. The molecule has 2 fully saturated rings. The first-order valence-corrected chi connectivity index (χ1v) is 12.1. The summed E-state index contributed by atoms with van der Waals surface area (Å²) in [5, 5.41) is 9.64. The van der Waals surface area contributed by atoms with Gasteiger partial charge in [0.1, 0.15) is 5.75 Å². The molecule has 36 heavy (non-hydrogen) atoms. The summed E-state index contributed by atoms with van der Waals surface area (Å²) in [6.45, 7) is 6.92. The smallest absolute Gasteiger partial charge is 0.406 e. The van der Waals surface area contributed by atoms with Crippen molar-refractivity contribution in [3.63, 3.8) is 0 Å². The van der Waals surface area contributed by atoms with Gasteiger partial charge in [0.05, 0.1) is 11.6 Å². The van der Waals surface area contributed by atoms with Crippen LogP contribution in [0.3, 0.4) is 0 Å². The van der Waals surface area contributed by atoms with Gasteiger partial charge < -0.3 is 19.4 Å². The van der Waals surface area contributed by atoms with Crippen LogP contribution in [-0.2, 0) is 6.54 Å². The minimum absolute atomic E-state index is 0.223. The summed E-state index contributed by atoms with van der Waals surface area (Å²) in [5.74, 6) is -0.578. The summed E-state index contributed by atoms with van der Waals surface area (Å²) in [6, 6.07) is 13.3. The van der Waals surface area contributed by atoms with Crippen LogP contribution in [-0.4, -0.2) is 86.4 Å². The third-order valence-electron chi connectivity index (χ3n) is 6.68. The first kappa shape index (κ1) is 25.8. The Hall–Kier alpha value is -3.29. The maximum absolute atomic E-state index is 12.8. The van der Waals surface area contributed by atoms with Crippen molar-refractivity contribution in [2.75, 3.05) is 64.3 Å². The number of halogens is 3. The molecular weight excluding hydrogens is 471 g/mol. The third kappa shape index (κ3) is 6.68. The molecule has 2 aliphatic rings. The summed E-state index contributed by atoms with van der Waals surface area (Å²) in [5.41, 5.74) is 3.09. The van der Waals surface area contributed by atoms with Crippen LogP contribution in [0.5, 0.6) is 5.75 Å². The predicted molar refractivity (Wildman–Crippen MR) is 130 cm³/mol. The van der Waals surface area contributed by atoms with Crippen molar-refractivity contribution in [3.8, 4) is 11.8 Å². The minimum atomic E-state index is -4.77. The van der Waals surface area contributed by atoms with Gasteiger partial charge in [-0.3, -0.25) is 9.69 Å². The summed E-state index contributed by atoms with van der Waals surface area (Å²) in [6.07, 6.45) is -3.67. The maximum atomic E-state index is 12.8. The Bertz CT molecular complexity index is 1090. The zero-order valence-corrected chi connectivity index (χ0v) is 20.3. The van der Waals surface area contributed by atoms with Gasteiger partial charge in [0.15, 0.2) is 0 Å².